The van der Waals surface area contributed by atoms with Crippen LogP contribution in [0.1, 0.15) is 38.7 Å². The van der Waals surface area contributed by atoms with E-state index in [1.54, 1.807) is 38.4 Å². The van der Waals surface area contributed by atoms with Crippen LogP contribution in [0.25, 0.3) is 11.0 Å². The molecule has 8 nitrogen and oxygen atoms in total. The fraction of sp³-hybridized carbons (Fsp3) is 0.400. The lowest BCUT2D eigenvalue weighted by molar-refractivity contribution is -0.118. The van der Waals surface area contributed by atoms with E-state index in [-0.39, 0.29) is 23.4 Å². The number of ketones is 1. The maximum atomic E-state index is 13.3. The number of aliphatic imine (C=N–C) groups is 1. The van der Waals surface area contributed by atoms with Gasteiger partial charge in [-0.2, -0.15) is 0 Å². The van der Waals surface area contributed by atoms with Crippen molar-refractivity contribution in [2.75, 3.05) is 26.4 Å². The van der Waals surface area contributed by atoms with Crippen LogP contribution in [0, 0.1) is 18.7 Å². The molecular formula is C25H33F3N6O2. The first-order valence-corrected chi connectivity index (χ1v) is 11.4. The molecule has 0 radical (unpaired) electrons. The zero-order valence-corrected chi connectivity index (χ0v) is 21.2. The summed E-state index contributed by atoms with van der Waals surface area (Å²) in [6, 6.07) is 6.54. The maximum Gasteiger partial charge on any atom is 0.232 e. The molecule has 2 aromatic heterocycles. The van der Waals surface area contributed by atoms with Crippen molar-refractivity contribution in [3.8, 4) is 5.88 Å². The lowest BCUT2D eigenvalue weighted by atomic mass is 9.82. The van der Waals surface area contributed by atoms with E-state index in [0.717, 1.165) is 24.9 Å². The number of aryl methyl sites for hydroxylation is 1. The quantitative estimate of drug-likeness (QED) is 0.348. The molecule has 196 valence electrons. The van der Waals surface area contributed by atoms with Crippen LogP contribution < -0.4 is 15.8 Å². The molecule has 4 rings (SSSR count). The molecule has 0 saturated heterocycles. The fourth-order valence-corrected chi connectivity index (χ4v) is 2.97. The molecule has 1 aliphatic carbocycles. The van der Waals surface area contributed by atoms with Gasteiger partial charge in [-0.15, -0.1) is 0 Å². The van der Waals surface area contributed by atoms with Gasteiger partial charge in [-0.3, -0.25) is 9.79 Å². The van der Waals surface area contributed by atoms with E-state index in [2.05, 4.69) is 25.3 Å². The van der Waals surface area contributed by atoms with Gasteiger partial charge < -0.3 is 15.8 Å². The molecule has 1 fully saturated rings. The summed E-state index contributed by atoms with van der Waals surface area (Å²) in [6.07, 6.45) is 6.32. The molecule has 3 N–H and O–H groups in total. The lowest BCUT2D eigenvalue weighted by Crippen LogP contribution is -2.33. The molecule has 36 heavy (non-hydrogen) atoms. The topological polar surface area (TPSA) is 115 Å². The predicted octanol–water partition coefficient (Wildman–Crippen LogP) is 5.48. The second-order valence-electron chi connectivity index (χ2n) is 7.23. The van der Waals surface area contributed by atoms with E-state index < -0.39 is 6.93 Å². The van der Waals surface area contributed by atoms with E-state index in [9.17, 15) is 18.0 Å². The van der Waals surface area contributed by atoms with E-state index in [0.29, 0.717) is 28.3 Å². The number of anilines is 2. The minimum Gasteiger partial charge on any atom is -0.480 e. The molecule has 0 atom stereocenters. The van der Waals surface area contributed by atoms with Crippen molar-refractivity contribution >= 4 is 34.2 Å². The summed E-state index contributed by atoms with van der Waals surface area (Å²) in [5.41, 5.74) is 7.93. The van der Waals surface area contributed by atoms with Gasteiger partial charge in [-0.25, -0.2) is 28.1 Å². The number of benzene rings is 1. The van der Waals surface area contributed by atoms with Crippen LogP contribution in [-0.4, -0.2) is 47.7 Å². The Morgan fingerprint density at radius 1 is 1.22 bits per heavy atom. The second-order valence-corrected chi connectivity index (χ2v) is 7.23. The number of methoxy groups -OCH3 is 1. The van der Waals surface area contributed by atoms with E-state index in [1.165, 1.54) is 19.4 Å². The Morgan fingerprint density at radius 3 is 2.42 bits per heavy atom. The van der Waals surface area contributed by atoms with E-state index in [4.69, 9.17) is 10.5 Å². The number of rotatable bonds is 5. The van der Waals surface area contributed by atoms with Crippen LogP contribution in [0.15, 0.2) is 41.7 Å². The third-order valence-electron chi connectivity index (χ3n) is 5.04. The minimum atomic E-state index is -1.75. The summed E-state index contributed by atoms with van der Waals surface area (Å²) >= 11 is 0. The first-order chi connectivity index (χ1) is 17.3. The molecule has 0 spiro atoms. The molecule has 1 aromatic carbocycles. The first kappa shape index (κ1) is 30.3. The normalized spacial score (nSPS) is 12.5. The standard InChI is InChI=1S/C15H13FN4O.C7H12N2O.C2H6.CH2F2/c1-9-7-10(3-4-11(9)16)19-15-14-12(5-6-17-15)20-13(21-2)8-18-14;1-9-7(8)6(10)5-3-2-4-5;1-2;2-1-3/h3-8H,1-2H3,(H,17,19);5H,2-4H2,1H3,(H2,8,9);1-2H3;1H2. The van der Waals surface area contributed by atoms with Crippen molar-refractivity contribution in [1.82, 2.24) is 15.0 Å². The number of aromatic nitrogens is 3. The number of nitrogens with one attached hydrogen (secondary N) is 1. The van der Waals surface area contributed by atoms with Gasteiger partial charge >= 0.3 is 0 Å². The number of alkyl halides is 2. The molecule has 11 heteroatoms. The molecular weight excluding hydrogens is 473 g/mol. The molecule has 0 aliphatic heterocycles. The van der Waals surface area contributed by atoms with Gasteiger partial charge in [0.05, 0.1) is 18.8 Å². The van der Waals surface area contributed by atoms with E-state index in [1.807, 2.05) is 13.8 Å². The summed E-state index contributed by atoms with van der Waals surface area (Å²) in [5.74, 6) is 1.17. The third kappa shape index (κ3) is 8.79. The highest BCUT2D eigenvalue weighted by molar-refractivity contribution is 6.39. The number of carbonyl (C=O) groups excluding carboxylic acids is 1. The Labute approximate surface area is 209 Å². The molecule has 2 heterocycles. The molecule has 1 aliphatic rings. The molecule has 0 amide bonds. The largest absolute Gasteiger partial charge is 0.480 e. The van der Waals surface area contributed by atoms with Crippen LogP contribution in [-0.2, 0) is 4.79 Å². The monoisotopic (exact) mass is 506 g/mol. The summed E-state index contributed by atoms with van der Waals surface area (Å²) in [5, 5.41) is 3.13. The van der Waals surface area contributed by atoms with Crippen LogP contribution in [0.5, 0.6) is 5.88 Å². The van der Waals surface area contributed by atoms with Gasteiger partial charge in [0.15, 0.2) is 17.4 Å². The number of halogens is 3. The lowest BCUT2D eigenvalue weighted by Gasteiger charge is -2.22. The summed E-state index contributed by atoms with van der Waals surface area (Å²) in [6.45, 7) is 3.96. The molecule has 1 saturated carbocycles. The number of ether oxygens (including phenoxy) is 1. The van der Waals surface area contributed by atoms with Crippen molar-refractivity contribution in [2.24, 2.45) is 16.6 Å². The number of amidine groups is 1. The van der Waals surface area contributed by atoms with E-state index >= 15 is 0 Å². The molecule has 3 aromatic rings. The Balaban J connectivity index is 0.000000361. The van der Waals surface area contributed by atoms with Crippen LogP contribution >= 0.6 is 0 Å². The highest BCUT2D eigenvalue weighted by Gasteiger charge is 2.26. The number of Topliss-reactive ketones (excluding diaryl/α,β-unsaturated/α-hetero) is 1. The van der Waals surface area contributed by atoms with Gasteiger partial charge in [0.25, 0.3) is 0 Å². The van der Waals surface area contributed by atoms with Gasteiger partial charge in [0.2, 0.25) is 12.8 Å². The smallest absolute Gasteiger partial charge is 0.232 e. The van der Waals surface area contributed by atoms with Crippen molar-refractivity contribution in [2.45, 2.75) is 40.0 Å². The Hall–Kier alpha value is -3.76. The van der Waals surface area contributed by atoms with Gasteiger partial charge in [0, 0.05) is 24.8 Å². The minimum absolute atomic E-state index is 0.0359. The average molecular weight is 507 g/mol. The second kappa shape index (κ2) is 16.0. The number of hydrogen-bond donors (Lipinski definition) is 2. The maximum absolute atomic E-state index is 13.3. The number of nitrogens with zero attached hydrogens (tertiary/aromatic N) is 4. The third-order valence-corrected chi connectivity index (χ3v) is 5.04. The van der Waals surface area contributed by atoms with Gasteiger partial charge in [-0.05, 0) is 49.6 Å². The SMILES string of the molecule is CC.CN=C(N)C(=O)C1CCC1.COc1cnc2c(Nc3ccc(F)c(C)c3)nccc2n1.FCF. The zero-order valence-electron chi connectivity index (χ0n) is 21.2. The number of nitrogens with two attached hydrogens (primary N) is 1. The number of carbonyl (C=O) groups is 1. The van der Waals surface area contributed by atoms with Crippen LogP contribution in [0.4, 0.5) is 24.7 Å². The van der Waals surface area contributed by atoms with Crippen LogP contribution in [0.2, 0.25) is 0 Å². The highest BCUT2D eigenvalue weighted by atomic mass is 19.3. The number of hydrogen-bond acceptors (Lipinski definition) is 7. The van der Waals surface area contributed by atoms with Gasteiger partial charge in [0.1, 0.15) is 11.3 Å². The Bertz CT molecular complexity index is 1140. The first-order valence-electron chi connectivity index (χ1n) is 11.4. The van der Waals surface area contributed by atoms with Crippen molar-refractivity contribution in [3.63, 3.8) is 0 Å². The van der Waals surface area contributed by atoms with Crippen molar-refractivity contribution in [3.05, 3.63) is 48.0 Å². The van der Waals surface area contributed by atoms with Gasteiger partial charge in [-0.1, -0.05) is 20.3 Å². The van der Waals surface area contributed by atoms with Crippen LogP contribution in [0.3, 0.4) is 0 Å². The summed E-state index contributed by atoms with van der Waals surface area (Å²) < 4.78 is 37.6. The fourth-order valence-electron chi connectivity index (χ4n) is 2.97. The average Bonchev–Trinajstić information content (AvgIpc) is 2.86. The summed E-state index contributed by atoms with van der Waals surface area (Å²) in [4.78, 5) is 27.6. The zero-order chi connectivity index (χ0) is 27.1. The predicted molar refractivity (Wildman–Crippen MR) is 137 cm³/mol. The Kier molecular flexibility index (Phi) is 13.5. The molecule has 0 bridgehead atoms. The highest BCUT2D eigenvalue weighted by Crippen LogP contribution is 2.27. The molecule has 0 unspecified atom stereocenters. The summed E-state index contributed by atoms with van der Waals surface area (Å²) in [7, 11) is 3.09. The van der Waals surface area contributed by atoms with Crippen molar-refractivity contribution in [1.29, 1.82) is 0 Å². The Morgan fingerprint density at radius 2 is 1.89 bits per heavy atom. The number of fused-ring (bicyclic) bond motifs is 1. The number of pyridine rings is 1. The van der Waals surface area contributed by atoms with Crippen molar-refractivity contribution < 1.29 is 22.7 Å².